The number of aromatic nitrogens is 1. The van der Waals surface area contributed by atoms with Crippen LogP contribution in [0, 0.1) is 6.92 Å². The number of halogens is 1. The van der Waals surface area contributed by atoms with Gasteiger partial charge in [-0.1, -0.05) is 42.8 Å². The molecule has 2 nitrogen and oxygen atoms in total. The van der Waals surface area contributed by atoms with Gasteiger partial charge < -0.3 is 5.32 Å². The zero-order valence-electron chi connectivity index (χ0n) is 11.7. The highest BCUT2D eigenvalue weighted by atomic mass is 79.9. The second-order valence-electron chi connectivity index (χ2n) is 5.69. The van der Waals surface area contributed by atoms with Gasteiger partial charge in [0.2, 0.25) is 0 Å². The highest BCUT2D eigenvalue weighted by molar-refractivity contribution is 9.10. The van der Waals surface area contributed by atoms with E-state index >= 15 is 0 Å². The molecule has 1 N–H and O–H groups in total. The Morgan fingerprint density at radius 2 is 2.05 bits per heavy atom. The van der Waals surface area contributed by atoms with Crippen molar-refractivity contribution in [1.29, 1.82) is 0 Å². The lowest BCUT2D eigenvalue weighted by Gasteiger charge is -2.14. The molecule has 0 aliphatic heterocycles. The normalized spacial score (nSPS) is 11.6. The van der Waals surface area contributed by atoms with E-state index in [2.05, 4.69) is 72.5 Å². The van der Waals surface area contributed by atoms with Crippen LogP contribution < -0.4 is 5.32 Å². The maximum atomic E-state index is 4.69. The summed E-state index contributed by atoms with van der Waals surface area (Å²) >= 11 is 5.22. The van der Waals surface area contributed by atoms with E-state index in [0.717, 1.165) is 21.7 Å². The van der Waals surface area contributed by atoms with E-state index < -0.39 is 0 Å². The Bertz CT molecular complexity index is 570. The first-order valence-electron chi connectivity index (χ1n) is 6.31. The molecule has 0 bridgehead atoms. The van der Waals surface area contributed by atoms with Crippen molar-refractivity contribution in [2.45, 2.75) is 39.7 Å². The SMILES string of the molecule is Cc1ccc(Br)cc1NCc1nc(C(C)(C)C)cs1. The average Bonchev–Trinajstić information content (AvgIpc) is 2.79. The molecule has 4 heteroatoms. The van der Waals surface area contributed by atoms with Crippen LogP contribution in [0.15, 0.2) is 28.1 Å². The first-order chi connectivity index (χ1) is 8.86. The van der Waals surface area contributed by atoms with E-state index in [1.165, 1.54) is 11.3 Å². The topological polar surface area (TPSA) is 24.9 Å². The molecule has 0 aliphatic rings. The van der Waals surface area contributed by atoms with Crippen LogP contribution in [0.1, 0.15) is 37.0 Å². The van der Waals surface area contributed by atoms with Gasteiger partial charge in [0.05, 0.1) is 12.2 Å². The fourth-order valence-electron chi connectivity index (χ4n) is 1.69. The largest absolute Gasteiger partial charge is 0.378 e. The zero-order chi connectivity index (χ0) is 14.0. The third kappa shape index (κ3) is 3.80. The van der Waals surface area contributed by atoms with Crippen LogP contribution in [-0.4, -0.2) is 4.98 Å². The van der Waals surface area contributed by atoms with Crippen molar-refractivity contribution in [1.82, 2.24) is 4.98 Å². The minimum atomic E-state index is 0.125. The quantitative estimate of drug-likeness (QED) is 0.839. The molecule has 0 radical (unpaired) electrons. The van der Waals surface area contributed by atoms with Crippen molar-refractivity contribution in [3.8, 4) is 0 Å². The summed E-state index contributed by atoms with van der Waals surface area (Å²) in [5.74, 6) is 0. The number of rotatable bonds is 3. The second-order valence-corrected chi connectivity index (χ2v) is 7.55. The minimum Gasteiger partial charge on any atom is -0.378 e. The highest BCUT2D eigenvalue weighted by Crippen LogP contribution is 2.25. The highest BCUT2D eigenvalue weighted by Gasteiger charge is 2.17. The van der Waals surface area contributed by atoms with Crippen molar-refractivity contribution in [2.24, 2.45) is 0 Å². The lowest BCUT2D eigenvalue weighted by atomic mass is 9.93. The second kappa shape index (κ2) is 5.63. The van der Waals surface area contributed by atoms with Crippen LogP contribution in [0.2, 0.25) is 0 Å². The van der Waals surface area contributed by atoms with E-state index in [1.807, 2.05) is 0 Å². The molecule has 0 fully saturated rings. The van der Waals surface area contributed by atoms with Gasteiger partial charge in [0, 0.05) is 21.0 Å². The van der Waals surface area contributed by atoms with Gasteiger partial charge in [0.1, 0.15) is 5.01 Å². The number of benzene rings is 1. The number of hydrogen-bond acceptors (Lipinski definition) is 3. The summed E-state index contributed by atoms with van der Waals surface area (Å²) in [6.07, 6.45) is 0. The predicted octanol–water partition coefficient (Wildman–Crippen LogP) is 5.12. The third-order valence-electron chi connectivity index (χ3n) is 2.95. The number of nitrogens with zero attached hydrogens (tertiary/aromatic N) is 1. The monoisotopic (exact) mass is 338 g/mol. The third-order valence-corrected chi connectivity index (χ3v) is 4.29. The van der Waals surface area contributed by atoms with Crippen molar-refractivity contribution in [2.75, 3.05) is 5.32 Å². The molecular formula is C15H19BrN2S. The van der Waals surface area contributed by atoms with Crippen LogP contribution in [0.5, 0.6) is 0 Å². The van der Waals surface area contributed by atoms with E-state index in [4.69, 9.17) is 4.98 Å². The molecule has 0 spiro atoms. The fraction of sp³-hybridized carbons (Fsp3) is 0.400. The van der Waals surface area contributed by atoms with Gasteiger partial charge in [-0.05, 0) is 24.6 Å². The number of aryl methyl sites for hydroxylation is 1. The van der Waals surface area contributed by atoms with Crippen molar-refractivity contribution < 1.29 is 0 Å². The Hall–Kier alpha value is -0.870. The zero-order valence-corrected chi connectivity index (χ0v) is 14.2. The number of anilines is 1. The Labute approximate surface area is 127 Å². The van der Waals surface area contributed by atoms with Crippen LogP contribution in [0.25, 0.3) is 0 Å². The maximum Gasteiger partial charge on any atom is 0.112 e. The minimum absolute atomic E-state index is 0.125. The van der Waals surface area contributed by atoms with E-state index in [-0.39, 0.29) is 5.41 Å². The molecule has 1 heterocycles. The molecule has 1 aromatic carbocycles. The molecule has 0 unspecified atom stereocenters. The molecule has 0 saturated carbocycles. The standard InChI is InChI=1S/C15H19BrN2S/c1-10-5-6-11(16)7-12(10)17-8-14-18-13(9-19-14)15(2,3)4/h5-7,9,17H,8H2,1-4H3. The van der Waals surface area contributed by atoms with Crippen molar-refractivity contribution >= 4 is 33.0 Å². The summed E-state index contributed by atoms with van der Waals surface area (Å²) in [4.78, 5) is 4.69. The van der Waals surface area contributed by atoms with E-state index in [9.17, 15) is 0 Å². The number of hydrogen-bond donors (Lipinski definition) is 1. The first-order valence-corrected chi connectivity index (χ1v) is 7.98. The van der Waals surface area contributed by atoms with Crippen molar-refractivity contribution in [3.05, 3.63) is 44.3 Å². The summed E-state index contributed by atoms with van der Waals surface area (Å²) in [6, 6.07) is 6.27. The summed E-state index contributed by atoms with van der Waals surface area (Å²) in [6.45, 7) is 9.46. The molecule has 2 rings (SSSR count). The number of thiazole rings is 1. The molecular weight excluding hydrogens is 320 g/mol. The molecule has 0 atom stereocenters. The smallest absolute Gasteiger partial charge is 0.112 e. The molecule has 102 valence electrons. The van der Waals surface area contributed by atoms with Crippen LogP contribution >= 0.6 is 27.3 Å². The lowest BCUT2D eigenvalue weighted by molar-refractivity contribution is 0.571. The van der Waals surface area contributed by atoms with E-state index in [0.29, 0.717) is 0 Å². The predicted molar refractivity (Wildman–Crippen MR) is 87.0 cm³/mol. The Morgan fingerprint density at radius 1 is 1.32 bits per heavy atom. The Kier molecular flexibility index (Phi) is 4.31. The van der Waals surface area contributed by atoms with Gasteiger partial charge in [-0.15, -0.1) is 11.3 Å². The van der Waals surface area contributed by atoms with E-state index in [1.54, 1.807) is 11.3 Å². The average molecular weight is 339 g/mol. The van der Waals surface area contributed by atoms with Gasteiger partial charge >= 0.3 is 0 Å². The molecule has 0 aliphatic carbocycles. The molecule has 19 heavy (non-hydrogen) atoms. The van der Waals surface area contributed by atoms with Crippen LogP contribution in [0.3, 0.4) is 0 Å². The molecule has 0 amide bonds. The molecule has 1 aromatic heterocycles. The summed E-state index contributed by atoms with van der Waals surface area (Å²) in [7, 11) is 0. The number of nitrogens with one attached hydrogen (secondary N) is 1. The fourth-order valence-corrected chi connectivity index (χ4v) is 3.01. The summed E-state index contributed by atoms with van der Waals surface area (Å²) in [5, 5.41) is 6.74. The lowest BCUT2D eigenvalue weighted by Crippen LogP contribution is -2.12. The van der Waals surface area contributed by atoms with Crippen LogP contribution in [-0.2, 0) is 12.0 Å². The van der Waals surface area contributed by atoms with Gasteiger partial charge in [0.15, 0.2) is 0 Å². The Morgan fingerprint density at radius 3 is 2.68 bits per heavy atom. The van der Waals surface area contributed by atoms with Gasteiger partial charge in [-0.3, -0.25) is 0 Å². The van der Waals surface area contributed by atoms with Crippen LogP contribution in [0.4, 0.5) is 5.69 Å². The van der Waals surface area contributed by atoms with Gasteiger partial charge in [-0.25, -0.2) is 4.98 Å². The Balaban J connectivity index is 2.06. The summed E-state index contributed by atoms with van der Waals surface area (Å²) in [5.41, 5.74) is 3.69. The van der Waals surface area contributed by atoms with Gasteiger partial charge in [0.25, 0.3) is 0 Å². The maximum absolute atomic E-state index is 4.69. The molecule has 0 saturated heterocycles. The van der Waals surface area contributed by atoms with Crippen molar-refractivity contribution in [3.63, 3.8) is 0 Å². The van der Waals surface area contributed by atoms with Gasteiger partial charge in [-0.2, -0.15) is 0 Å². The summed E-state index contributed by atoms with van der Waals surface area (Å²) < 4.78 is 1.09. The molecule has 2 aromatic rings. The first kappa shape index (κ1) is 14.5.